The topological polar surface area (TPSA) is 31.4 Å². The van der Waals surface area contributed by atoms with Gasteiger partial charge in [-0.15, -0.1) is 0 Å². The van der Waals surface area contributed by atoms with Crippen molar-refractivity contribution in [3.8, 4) is 0 Å². The number of nitrogens with zero attached hydrogens (tertiary/aromatic N) is 3. The number of piperidine rings is 1. The minimum Gasteiger partial charge on any atom is -0.387 e. The van der Waals surface area contributed by atoms with Gasteiger partial charge in [-0.2, -0.15) is 0 Å². The van der Waals surface area contributed by atoms with Gasteiger partial charge in [0.1, 0.15) is 0 Å². The van der Waals surface area contributed by atoms with E-state index < -0.39 is 0 Å². The molecule has 0 radical (unpaired) electrons. The second-order valence-electron chi connectivity index (χ2n) is 5.37. The molecule has 1 aromatic heterocycles. The molecular formula is C14H24N4. The number of anilines is 2. The Morgan fingerprint density at radius 1 is 1.33 bits per heavy atom. The standard InChI is InChI=1S/C14H24N4/c1-15-13-8-14(10-16-9-13)18-6-4-12(5-7-18)11-17(2)3/h8-10,12,15H,4-7,11H2,1-3H3. The molecule has 1 N–H and O–H groups in total. The van der Waals surface area contributed by atoms with Crippen LogP contribution < -0.4 is 10.2 Å². The van der Waals surface area contributed by atoms with Crippen molar-refractivity contribution in [2.24, 2.45) is 5.92 Å². The zero-order valence-electron chi connectivity index (χ0n) is 11.7. The van der Waals surface area contributed by atoms with E-state index in [0.717, 1.165) is 24.7 Å². The zero-order chi connectivity index (χ0) is 13.0. The molecule has 1 aliphatic rings. The molecule has 2 rings (SSSR count). The van der Waals surface area contributed by atoms with E-state index in [0.29, 0.717) is 0 Å². The molecule has 100 valence electrons. The fourth-order valence-electron chi connectivity index (χ4n) is 2.63. The monoisotopic (exact) mass is 248 g/mol. The van der Waals surface area contributed by atoms with E-state index >= 15 is 0 Å². The molecule has 2 heterocycles. The Kier molecular flexibility index (Phi) is 4.42. The van der Waals surface area contributed by atoms with E-state index in [9.17, 15) is 0 Å². The molecule has 0 aliphatic carbocycles. The van der Waals surface area contributed by atoms with Gasteiger partial charge >= 0.3 is 0 Å². The van der Waals surface area contributed by atoms with Gasteiger partial charge in [0.25, 0.3) is 0 Å². The van der Waals surface area contributed by atoms with Gasteiger partial charge in [-0.1, -0.05) is 0 Å². The Hall–Kier alpha value is -1.29. The van der Waals surface area contributed by atoms with Crippen molar-refractivity contribution in [1.82, 2.24) is 9.88 Å². The van der Waals surface area contributed by atoms with Crippen LogP contribution in [0.1, 0.15) is 12.8 Å². The average Bonchev–Trinajstić information content (AvgIpc) is 2.39. The highest BCUT2D eigenvalue weighted by Gasteiger charge is 2.20. The first-order valence-corrected chi connectivity index (χ1v) is 6.71. The largest absolute Gasteiger partial charge is 0.387 e. The number of pyridine rings is 1. The summed E-state index contributed by atoms with van der Waals surface area (Å²) in [5.41, 5.74) is 2.33. The molecule has 0 saturated carbocycles. The normalized spacial score (nSPS) is 17.2. The number of hydrogen-bond donors (Lipinski definition) is 1. The summed E-state index contributed by atoms with van der Waals surface area (Å²) in [4.78, 5) is 9.03. The SMILES string of the molecule is CNc1cncc(N2CCC(CN(C)C)CC2)c1. The maximum atomic E-state index is 4.29. The van der Waals surface area contributed by atoms with Crippen LogP contribution in [0.15, 0.2) is 18.5 Å². The predicted molar refractivity (Wildman–Crippen MR) is 77.3 cm³/mol. The maximum absolute atomic E-state index is 4.29. The molecule has 1 aliphatic heterocycles. The van der Waals surface area contributed by atoms with Crippen LogP contribution in [-0.2, 0) is 0 Å². The lowest BCUT2D eigenvalue weighted by molar-refractivity contribution is 0.285. The smallest absolute Gasteiger partial charge is 0.0573 e. The molecule has 0 spiro atoms. The van der Waals surface area contributed by atoms with Crippen LogP contribution in [0.4, 0.5) is 11.4 Å². The molecule has 4 nitrogen and oxygen atoms in total. The highest BCUT2D eigenvalue weighted by molar-refractivity contribution is 5.55. The number of aromatic nitrogens is 1. The molecule has 0 atom stereocenters. The summed E-state index contributed by atoms with van der Waals surface area (Å²) in [6.07, 6.45) is 6.39. The molecule has 4 heteroatoms. The van der Waals surface area contributed by atoms with Gasteiger partial charge < -0.3 is 15.1 Å². The Bertz CT molecular complexity index is 370. The van der Waals surface area contributed by atoms with E-state index in [-0.39, 0.29) is 0 Å². The molecule has 0 unspecified atom stereocenters. The lowest BCUT2D eigenvalue weighted by atomic mass is 9.96. The number of hydrogen-bond acceptors (Lipinski definition) is 4. The molecule has 0 bridgehead atoms. The highest BCUT2D eigenvalue weighted by atomic mass is 15.1. The van der Waals surface area contributed by atoms with Crippen molar-refractivity contribution in [3.63, 3.8) is 0 Å². The van der Waals surface area contributed by atoms with Crippen LogP contribution in [0.25, 0.3) is 0 Å². The van der Waals surface area contributed by atoms with Gasteiger partial charge in [-0.25, -0.2) is 0 Å². The maximum Gasteiger partial charge on any atom is 0.0573 e. The third-order valence-corrected chi connectivity index (χ3v) is 3.62. The quantitative estimate of drug-likeness (QED) is 0.882. The summed E-state index contributed by atoms with van der Waals surface area (Å²) in [5.74, 6) is 0.844. The summed E-state index contributed by atoms with van der Waals surface area (Å²) in [5, 5.41) is 3.15. The van der Waals surface area contributed by atoms with Gasteiger partial charge in [0, 0.05) is 26.7 Å². The van der Waals surface area contributed by atoms with E-state index in [1.54, 1.807) is 0 Å². The van der Waals surface area contributed by atoms with Crippen LogP contribution in [0.2, 0.25) is 0 Å². The zero-order valence-corrected chi connectivity index (χ0v) is 11.7. The Balaban J connectivity index is 1.92. The summed E-state index contributed by atoms with van der Waals surface area (Å²) in [6.45, 7) is 3.50. The summed E-state index contributed by atoms with van der Waals surface area (Å²) in [7, 11) is 6.25. The number of nitrogens with one attached hydrogen (secondary N) is 1. The lowest BCUT2D eigenvalue weighted by Crippen LogP contribution is -2.37. The van der Waals surface area contributed by atoms with Crippen molar-refractivity contribution in [2.75, 3.05) is 51.0 Å². The van der Waals surface area contributed by atoms with E-state index in [1.807, 2.05) is 19.4 Å². The van der Waals surface area contributed by atoms with Crippen LogP contribution in [-0.4, -0.2) is 50.7 Å². The fourth-order valence-corrected chi connectivity index (χ4v) is 2.63. The lowest BCUT2D eigenvalue weighted by Gasteiger charge is -2.34. The van der Waals surface area contributed by atoms with Crippen molar-refractivity contribution in [2.45, 2.75) is 12.8 Å². The van der Waals surface area contributed by atoms with Crippen molar-refractivity contribution in [1.29, 1.82) is 0 Å². The molecular weight excluding hydrogens is 224 g/mol. The van der Waals surface area contributed by atoms with E-state index in [4.69, 9.17) is 0 Å². The first-order valence-electron chi connectivity index (χ1n) is 6.71. The molecule has 18 heavy (non-hydrogen) atoms. The Morgan fingerprint density at radius 2 is 2.06 bits per heavy atom. The van der Waals surface area contributed by atoms with Crippen LogP contribution in [0.5, 0.6) is 0 Å². The van der Waals surface area contributed by atoms with Crippen LogP contribution in [0, 0.1) is 5.92 Å². The van der Waals surface area contributed by atoms with Crippen molar-refractivity contribution in [3.05, 3.63) is 18.5 Å². The molecule has 1 aromatic rings. The van der Waals surface area contributed by atoms with Gasteiger partial charge in [0.05, 0.1) is 23.8 Å². The third kappa shape index (κ3) is 3.35. The van der Waals surface area contributed by atoms with Gasteiger partial charge in [-0.3, -0.25) is 4.98 Å². The second kappa shape index (κ2) is 6.05. The third-order valence-electron chi connectivity index (χ3n) is 3.62. The van der Waals surface area contributed by atoms with Crippen LogP contribution >= 0.6 is 0 Å². The Labute approximate surface area is 110 Å². The predicted octanol–water partition coefficient (Wildman–Crippen LogP) is 1.90. The fraction of sp³-hybridized carbons (Fsp3) is 0.643. The van der Waals surface area contributed by atoms with Gasteiger partial charge in [-0.05, 0) is 38.9 Å². The molecule has 1 saturated heterocycles. The summed E-state index contributed by atoms with van der Waals surface area (Å²) >= 11 is 0. The van der Waals surface area contributed by atoms with Crippen LogP contribution in [0.3, 0.4) is 0 Å². The first-order chi connectivity index (χ1) is 8.69. The second-order valence-corrected chi connectivity index (χ2v) is 5.37. The minimum absolute atomic E-state index is 0.844. The highest BCUT2D eigenvalue weighted by Crippen LogP contribution is 2.24. The number of rotatable bonds is 4. The van der Waals surface area contributed by atoms with Crippen molar-refractivity contribution >= 4 is 11.4 Å². The Morgan fingerprint density at radius 3 is 2.67 bits per heavy atom. The molecule has 1 fully saturated rings. The minimum atomic E-state index is 0.844. The van der Waals surface area contributed by atoms with Gasteiger partial charge in [0.15, 0.2) is 0 Å². The van der Waals surface area contributed by atoms with E-state index in [2.05, 4.69) is 40.3 Å². The summed E-state index contributed by atoms with van der Waals surface area (Å²) in [6, 6.07) is 2.18. The first kappa shape index (κ1) is 13.1. The van der Waals surface area contributed by atoms with Crippen molar-refractivity contribution < 1.29 is 0 Å². The molecule has 0 amide bonds. The summed E-state index contributed by atoms with van der Waals surface area (Å²) < 4.78 is 0. The average molecular weight is 248 g/mol. The van der Waals surface area contributed by atoms with Gasteiger partial charge in [0.2, 0.25) is 0 Å². The molecule has 0 aromatic carbocycles. The van der Waals surface area contributed by atoms with E-state index in [1.165, 1.54) is 25.1 Å².